The van der Waals surface area contributed by atoms with Gasteiger partial charge in [0.2, 0.25) is 15.9 Å². The summed E-state index contributed by atoms with van der Waals surface area (Å²) in [5, 5.41) is 2.92. The zero-order valence-corrected chi connectivity index (χ0v) is 18.4. The number of carbonyl (C=O) groups is 1. The first-order valence-electron chi connectivity index (χ1n) is 9.43. The Morgan fingerprint density at radius 3 is 2.42 bits per heavy atom. The third-order valence-electron chi connectivity index (χ3n) is 4.52. The van der Waals surface area contributed by atoms with E-state index in [9.17, 15) is 13.2 Å². The van der Waals surface area contributed by atoms with E-state index in [1.165, 1.54) is 25.3 Å². The molecule has 0 saturated heterocycles. The topological polar surface area (TPSA) is 88.6 Å². The van der Waals surface area contributed by atoms with E-state index >= 15 is 0 Å². The average Bonchev–Trinajstić information content (AvgIpc) is 2.78. The monoisotopic (exact) mass is 459 g/mol. The maximum atomic E-state index is 13.3. The van der Waals surface area contributed by atoms with Crippen LogP contribution >= 0.6 is 11.6 Å². The predicted molar refractivity (Wildman–Crippen MR) is 118 cm³/mol. The van der Waals surface area contributed by atoms with Crippen molar-refractivity contribution in [3.05, 3.63) is 89.2 Å². The molecule has 7 nitrogen and oxygen atoms in total. The number of methoxy groups -OCH3 is 1. The molecule has 0 atom stereocenters. The lowest BCUT2D eigenvalue weighted by atomic mass is 10.2. The number of pyridine rings is 1. The summed E-state index contributed by atoms with van der Waals surface area (Å²) < 4.78 is 32.9. The number of ether oxygens (including phenoxy) is 1. The molecule has 3 aromatic rings. The van der Waals surface area contributed by atoms with Gasteiger partial charge in [-0.1, -0.05) is 41.9 Å². The molecule has 0 saturated carbocycles. The van der Waals surface area contributed by atoms with Gasteiger partial charge >= 0.3 is 0 Å². The van der Waals surface area contributed by atoms with E-state index in [1.807, 2.05) is 18.2 Å². The van der Waals surface area contributed by atoms with Crippen LogP contribution in [-0.2, 0) is 27.9 Å². The summed E-state index contributed by atoms with van der Waals surface area (Å²) in [5.41, 5.74) is 1.62. The van der Waals surface area contributed by atoms with Gasteiger partial charge in [-0.2, -0.15) is 4.31 Å². The lowest BCUT2D eigenvalue weighted by Crippen LogP contribution is -2.40. The maximum Gasteiger partial charge on any atom is 0.243 e. The number of aromatic nitrogens is 1. The van der Waals surface area contributed by atoms with E-state index in [-0.39, 0.29) is 29.6 Å². The minimum absolute atomic E-state index is 0.0174. The first kappa shape index (κ1) is 22.7. The molecule has 9 heteroatoms. The molecule has 1 N–H and O–H groups in total. The Labute approximate surface area is 186 Å². The van der Waals surface area contributed by atoms with Crippen molar-refractivity contribution in [1.82, 2.24) is 14.6 Å². The van der Waals surface area contributed by atoms with Crippen LogP contribution in [0.2, 0.25) is 5.02 Å². The number of rotatable bonds is 9. The van der Waals surface area contributed by atoms with Crippen LogP contribution < -0.4 is 10.1 Å². The van der Waals surface area contributed by atoms with Crippen LogP contribution in [0.1, 0.15) is 11.1 Å². The van der Waals surface area contributed by atoms with E-state index in [2.05, 4.69) is 10.3 Å². The zero-order chi connectivity index (χ0) is 22.3. The summed E-state index contributed by atoms with van der Waals surface area (Å²) in [5.74, 6) is -0.0544. The van der Waals surface area contributed by atoms with Crippen molar-refractivity contribution in [1.29, 1.82) is 0 Å². The van der Waals surface area contributed by atoms with Gasteiger partial charge in [0.05, 0.1) is 23.6 Å². The molecule has 31 heavy (non-hydrogen) atoms. The molecule has 2 aromatic carbocycles. The quantitative estimate of drug-likeness (QED) is 0.530. The summed E-state index contributed by atoms with van der Waals surface area (Å²) in [6, 6.07) is 16.8. The molecular formula is C22H22ClN3O4S. The van der Waals surface area contributed by atoms with Crippen molar-refractivity contribution in [2.75, 3.05) is 13.7 Å². The second-order valence-electron chi connectivity index (χ2n) is 6.69. The van der Waals surface area contributed by atoms with Crippen molar-refractivity contribution < 1.29 is 17.9 Å². The average molecular weight is 460 g/mol. The van der Waals surface area contributed by atoms with Gasteiger partial charge < -0.3 is 10.1 Å². The fourth-order valence-electron chi connectivity index (χ4n) is 2.89. The highest BCUT2D eigenvalue weighted by Gasteiger charge is 2.27. The number of hydrogen-bond acceptors (Lipinski definition) is 5. The number of amides is 1. The largest absolute Gasteiger partial charge is 0.495 e. The Balaban J connectivity index is 1.83. The molecule has 162 valence electrons. The highest BCUT2D eigenvalue weighted by molar-refractivity contribution is 7.89. The van der Waals surface area contributed by atoms with E-state index in [1.54, 1.807) is 36.7 Å². The summed E-state index contributed by atoms with van der Waals surface area (Å²) in [6.07, 6.45) is 3.25. The summed E-state index contributed by atoms with van der Waals surface area (Å²) in [7, 11) is -2.55. The molecule has 1 heterocycles. The van der Waals surface area contributed by atoms with Gasteiger partial charge in [-0.3, -0.25) is 9.78 Å². The number of hydrogen-bond donors (Lipinski definition) is 1. The number of halogens is 1. The highest BCUT2D eigenvalue weighted by Crippen LogP contribution is 2.29. The van der Waals surface area contributed by atoms with E-state index < -0.39 is 15.9 Å². The number of carbonyl (C=O) groups excluding carboxylic acids is 1. The van der Waals surface area contributed by atoms with Gasteiger partial charge in [0.1, 0.15) is 5.75 Å². The number of benzene rings is 2. The van der Waals surface area contributed by atoms with Gasteiger partial charge in [0.15, 0.2) is 0 Å². The standard InChI is InChI=1S/C22H22ClN3O4S/c1-30-21-8-7-19(13-20(21)23)31(28,29)26(15-18-5-3-2-4-6-18)16-22(27)25-14-17-9-11-24-12-10-17/h2-13H,14-16H2,1H3,(H,25,27). The van der Waals surface area contributed by atoms with Gasteiger partial charge in [0, 0.05) is 25.5 Å². The minimum Gasteiger partial charge on any atom is -0.495 e. The molecule has 3 rings (SSSR count). The van der Waals surface area contributed by atoms with Crippen molar-refractivity contribution in [2.24, 2.45) is 0 Å². The Morgan fingerprint density at radius 1 is 1.06 bits per heavy atom. The Morgan fingerprint density at radius 2 is 1.77 bits per heavy atom. The first-order valence-corrected chi connectivity index (χ1v) is 11.2. The molecular weight excluding hydrogens is 438 g/mol. The molecule has 1 aromatic heterocycles. The van der Waals surface area contributed by atoms with E-state index in [4.69, 9.17) is 16.3 Å². The molecule has 0 fully saturated rings. The maximum absolute atomic E-state index is 13.3. The van der Waals surface area contributed by atoms with Crippen LogP contribution in [0.25, 0.3) is 0 Å². The molecule has 0 aliphatic heterocycles. The zero-order valence-electron chi connectivity index (χ0n) is 16.9. The van der Waals surface area contributed by atoms with Crippen molar-refractivity contribution in [3.63, 3.8) is 0 Å². The van der Waals surface area contributed by atoms with Gasteiger partial charge in [0.25, 0.3) is 0 Å². The smallest absolute Gasteiger partial charge is 0.243 e. The van der Waals surface area contributed by atoms with Gasteiger partial charge in [-0.25, -0.2) is 8.42 Å². The highest BCUT2D eigenvalue weighted by atomic mass is 35.5. The lowest BCUT2D eigenvalue weighted by molar-refractivity contribution is -0.121. The van der Waals surface area contributed by atoms with Crippen molar-refractivity contribution >= 4 is 27.5 Å². The van der Waals surface area contributed by atoms with E-state index in [0.717, 1.165) is 15.4 Å². The van der Waals surface area contributed by atoms with Crippen LogP contribution in [0.4, 0.5) is 0 Å². The Kier molecular flexibility index (Phi) is 7.62. The number of sulfonamides is 1. The van der Waals surface area contributed by atoms with Crippen LogP contribution in [0.5, 0.6) is 5.75 Å². The minimum atomic E-state index is -4.00. The van der Waals surface area contributed by atoms with E-state index in [0.29, 0.717) is 5.75 Å². The second-order valence-corrected chi connectivity index (χ2v) is 9.03. The number of nitrogens with zero attached hydrogens (tertiary/aromatic N) is 2. The van der Waals surface area contributed by atoms with Gasteiger partial charge in [-0.15, -0.1) is 0 Å². The first-order chi connectivity index (χ1) is 14.9. The molecule has 0 unspecified atom stereocenters. The van der Waals surface area contributed by atoms with Crippen LogP contribution in [0.15, 0.2) is 78.0 Å². The normalized spacial score (nSPS) is 11.3. The second kappa shape index (κ2) is 10.4. The Hall–Kier alpha value is -2.94. The molecule has 0 aliphatic carbocycles. The summed E-state index contributed by atoms with van der Waals surface area (Å²) >= 11 is 6.13. The van der Waals surface area contributed by atoms with Crippen LogP contribution in [0.3, 0.4) is 0 Å². The van der Waals surface area contributed by atoms with Crippen LogP contribution in [-0.4, -0.2) is 37.3 Å². The Bertz CT molecular complexity index is 1130. The van der Waals surface area contributed by atoms with Crippen molar-refractivity contribution in [3.8, 4) is 5.75 Å². The van der Waals surface area contributed by atoms with Crippen LogP contribution in [0, 0.1) is 0 Å². The SMILES string of the molecule is COc1ccc(S(=O)(=O)N(CC(=O)NCc2ccncc2)Cc2ccccc2)cc1Cl. The number of nitrogens with one attached hydrogen (secondary N) is 1. The van der Waals surface area contributed by atoms with Crippen molar-refractivity contribution in [2.45, 2.75) is 18.0 Å². The molecule has 0 spiro atoms. The molecule has 1 amide bonds. The molecule has 0 radical (unpaired) electrons. The predicted octanol–water partition coefficient (Wildman–Crippen LogP) is 3.25. The summed E-state index contributed by atoms with van der Waals surface area (Å²) in [6.45, 7) is -0.0313. The van der Waals surface area contributed by atoms with Gasteiger partial charge in [-0.05, 0) is 41.5 Å². The fourth-order valence-corrected chi connectivity index (χ4v) is 4.62. The fraction of sp³-hybridized carbons (Fsp3) is 0.182. The lowest BCUT2D eigenvalue weighted by Gasteiger charge is -2.22. The third-order valence-corrected chi connectivity index (χ3v) is 6.60. The molecule has 0 aliphatic rings. The summed E-state index contributed by atoms with van der Waals surface area (Å²) in [4.78, 5) is 16.5. The molecule has 0 bridgehead atoms. The third kappa shape index (κ3) is 6.04.